The SMILES string of the molecule is CC(C)(C)c1ccc(N2c3ccc(C(C)(C)C)cc3B3c4oc5cc6c(cc5c4N(c4ccc(C(C)(C)C)cc4)c4cccc2c43)Sc2ccccc2O6)cc1. The predicted molar refractivity (Wildman–Crippen MR) is 237 cm³/mol. The second-order valence-corrected chi connectivity index (χ2v) is 19.8. The Bertz CT molecular complexity index is 2710. The Morgan fingerprint density at radius 2 is 1.11 bits per heavy atom. The van der Waals surface area contributed by atoms with Crippen molar-refractivity contribution in [3.8, 4) is 11.5 Å². The van der Waals surface area contributed by atoms with Crippen LogP contribution in [0.2, 0.25) is 0 Å². The molecule has 0 unspecified atom stereocenters. The summed E-state index contributed by atoms with van der Waals surface area (Å²) in [6, 6.07) is 44.9. The van der Waals surface area contributed by atoms with Gasteiger partial charge in [-0.2, -0.15) is 0 Å². The van der Waals surface area contributed by atoms with Gasteiger partial charge in [0.2, 0.25) is 0 Å². The lowest BCUT2D eigenvalue weighted by Gasteiger charge is -2.43. The van der Waals surface area contributed by atoms with E-state index >= 15 is 0 Å². The van der Waals surface area contributed by atoms with Crippen LogP contribution in [0.4, 0.5) is 34.1 Å². The molecule has 0 saturated carbocycles. The number of hydrogen-bond acceptors (Lipinski definition) is 5. The Morgan fingerprint density at radius 1 is 0.518 bits per heavy atom. The van der Waals surface area contributed by atoms with Crippen LogP contribution >= 0.6 is 11.8 Å². The first-order chi connectivity index (χ1) is 26.6. The predicted octanol–water partition coefficient (Wildman–Crippen LogP) is 12.7. The smallest absolute Gasteiger partial charge is 0.297 e. The van der Waals surface area contributed by atoms with Crippen molar-refractivity contribution in [2.45, 2.75) is 88.3 Å². The third kappa shape index (κ3) is 5.43. The Labute approximate surface area is 335 Å². The number of nitrogens with zero attached hydrogens (tertiary/aromatic N) is 2. The number of para-hydroxylation sites is 1. The van der Waals surface area contributed by atoms with Gasteiger partial charge in [0.05, 0.1) is 21.1 Å². The average Bonchev–Trinajstić information content (AvgIpc) is 3.52. The molecular formula is C50H47BN2O2S. The molecule has 0 bridgehead atoms. The van der Waals surface area contributed by atoms with E-state index in [9.17, 15) is 0 Å². The summed E-state index contributed by atoms with van der Waals surface area (Å²) in [4.78, 5) is 7.13. The van der Waals surface area contributed by atoms with Crippen LogP contribution in [0, 0.1) is 0 Å². The first-order valence-corrected chi connectivity index (χ1v) is 20.6. The van der Waals surface area contributed by atoms with Gasteiger partial charge in [0.15, 0.2) is 0 Å². The molecule has 0 amide bonds. The molecule has 3 aliphatic rings. The average molecular weight is 751 g/mol. The van der Waals surface area contributed by atoms with Gasteiger partial charge in [-0.15, -0.1) is 0 Å². The zero-order valence-electron chi connectivity index (χ0n) is 33.7. The number of furan rings is 1. The lowest BCUT2D eigenvalue weighted by Crippen LogP contribution is -2.61. The summed E-state index contributed by atoms with van der Waals surface area (Å²) < 4.78 is 13.8. The summed E-state index contributed by atoms with van der Waals surface area (Å²) in [6.07, 6.45) is 0. The standard InChI is InChI=1S/C50H47BN2O2S/c1-48(2,3)30-17-22-33(23-18-30)52-37-26-21-32(50(7,8)9)27-36(37)51-45-38(52)13-12-14-39(45)53(34-24-19-31(20-25-34)49(4,5)6)46-35-28-44-42(29-41(35)55-47(46)51)54-40-15-10-11-16-43(40)56-44/h10-29H,1-9H3. The Hall–Kier alpha value is -5.33. The van der Waals surface area contributed by atoms with E-state index in [4.69, 9.17) is 9.15 Å². The van der Waals surface area contributed by atoms with Crippen LogP contribution in [0.3, 0.4) is 0 Å². The van der Waals surface area contributed by atoms with Gasteiger partial charge in [-0.25, -0.2) is 0 Å². The summed E-state index contributed by atoms with van der Waals surface area (Å²) in [5, 5.41) is 1.08. The van der Waals surface area contributed by atoms with Gasteiger partial charge in [0.25, 0.3) is 6.71 Å². The van der Waals surface area contributed by atoms with E-state index < -0.39 is 0 Å². The van der Waals surface area contributed by atoms with Crippen molar-refractivity contribution in [1.82, 2.24) is 0 Å². The number of fused-ring (bicyclic) bond motifs is 8. The van der Waals surface area contributed by atoms with Gasteiger partial charge in [0, 0.05) is 39.9 Å². The first kappa shape index (κ1) is 35.1. The van der Waals surface area contributed by atoms with Gasteiger partial charge >= 0.3 is 0 Å². The van der Waals surface area contributed by atoms with E-state index in [1.165, 1.54) is 44.7 Å². The van der Waals surface area contributed by atoms with Crippen LogP contribution < -0.4 is 31.1 Å². The van der Waals surface area contributed by atoms with E-state index in [0.29, 0.717) is 0 Å². The summed E-state index contributed by atoms with van der Waals surface area (Å²) in [5.41, 5.74) is 15.1. The quantitative estimate of drug-likeness (QED) is 0.164. The minimum Gasteiger partial charge on any atom is -0.468 e. The van der Waals surface area contributed by atoms with Gasteiger partial charge in [-0.3, -0.25) is 0 Å². The Kier molecular flexibility index (Phi) is 7.58. The highest BCUT2D eigenvalue weighted by molar-refractivity contribution is 7.99. The fraction of sp³-hybridized carbons (Fsp3) is 0.240. The third-order valence-electron chi connectivity index (χ3n) is 11.8. The molecule has 0 atom stereocenters. The summed E-state index contributed by atoms with van der Waals surface area (Å²) in [6.45, 7) is 20.4. The van der Waals surface area contributed by atoms with Crippen LogP contribution in [0.15, 0.2) is 136 Å². The van der Waals surface area contributed by atoms with Gasteiger partial charge in [-0.1, -0.05) is 129 Å². The summed E-state index contributed by atoms with van der Waals surface area (Å²) in [5.74, 6) is 1.71. The van der Waals surface area contributed by atoms with Crippen molar-refractivity contribution in [3.63, 3.8) is 0 Å². The number of benzene rings is 6. The van der Waals surface area contributed by atoms with E-state index in [2.05, 4.69) is 181 Å². The number of hydrogen-bond donors (Lipinski definition) is 0. The van der Waals surface area contributed by atoms with Crippen molar-refractivity contribution in [2.24, 2.45) is 0 Å². The summed E-state index contributed by atoms with van der Waals surface area (Å²) in [7, 11) is 0. The molecule has 1 aromatic heterocycles. The van der Waals surface area contributed by atoms with Crippen LogP contribution in [-0.2, 0) is 16.2 Å². The van der Waals surface area contributed by atoms with Crippen molar-refractivity contribution < 1.29 is 9.15 Å². The third-order valence-corrected chi connectivity index (χ3v) is 12.9. The maximum absolute atomic E-state index is 7.25. The van der Waals surface area contributed by atoms with Crippen molar-refractivity contribution in [1.29, 1.82) is 0 Å². The topological polar surface area (TPSA) is 28.9 Å². The molecule has 0 radical (unpaired) electrons. The fourth-order valence-corrected chi connectivity index (χ4v) is 9.65. The molecule has 0 saturated heterocycles. The second-order valence-electron chi connectivity index (χ2n) is 18.7. The zero-order valence-corrected chi connectivity index (χ0v) is 34.6. The van der Waals surface area contributed by atoms with Crippen LogP contribution in [0.5, 0.6) is 11.5 Å². The molecule has 6 heteroatoms. The molecular weight excluding hydrogens is 703 g/mol. The molecule has 4 nitrogen and oxygen atoms in total. The highest BCUT2D eigenvalue weighted by Gasteiger charge is 2.47. The van der Waals surface area contributed by atoms with Crippen LogP contribution in [0.1, 0.15) is 79.0 Å². The number of ether oxygens (including phenoxy) is 1. The Morgan fingerprint density at radius 3 is 1.75 bits per heavy atom. The molecule has 278 valence electrons. The van der Waals surface area contributed by atoms with Crippen LogP contribution in [0.25, 0.3) is 11.0 Å². The van der Waals surface area contributed by atoms with Crippen molar-refractivity contribution in [3.05, 3.63) is 138 Å². The number of rotatable bonds is 2. The zero-order chi connectivity index (χ0) is 38.9. The fourth-order valence-electron chi connectivity index (χ4n) is 8.68. The molecule has 10 rings (SSSR count). The number of anilines is 6. The lowest BCUT2D eigenvalue weighted by molar-refractivity contribution is 0.454. The van der Waals surface area contributed by atoms with E-state index in [1.54, 1.807) is 11.8 Å². The molecule has 56 heavy (non-hydrogen) atoms. The van der Waals surface area contributed by atoms with E-state index in [0.717, 1.165) is 55.0 Å². The van der Waals surface area contributed by atoms with Gasteiger partial charge in [-0.05, 0) is 105 Å². The Balaban J connectivity index is 1.26. The second kappa shape index (κ2) is 12.1. The molecule has 6 aromatic carbocycles. The highest BCUT2D eigenvalue weighted by atomic mass is 32.2. The molecule has 7 aromatic rings. The van der Waals surface area contributed by atoms with Gasteiger partial charge in [0.1, 0.15) is 17.1 Å². The molecule has 3 aliphatic heterocycles. The molecule has 4 heterocycles. The van der Waals surface area contributed by atoms with Crippen molar-refractivity contribution in [2.75, 3.05) is 9.80 Å². The largest absolute Gasteiger partial charge is 0.468 e. The molecule has 0 fully saturated rings. The van der Waals surface area contributed by atoms with Gasteiger partial charge < -0.3 is 19.0 Å². The maximum Gasteiger partial charge on any atom is 0.297 e. The van der Waals surface area contributed by atoms with E-state index in [1.807, 2.05) is 12.1 Å². The lowest BCUT2D eigenvalue weighted by atomic mass is 9.35. The minimum absolute atomic E-state index is 0.0367. The minimum atomic E-state index is -0.126. The monoisotopic (exact) mass is 750 g/mol. The summed E-state index contributed by atoms with van der Waals surface area (Å²) >= 11 is 1.76. The van der Waals surface area contributed by atoms with E-state index in [-0.39, 0.29) is 23.0 Å². The normalized spacial score (nSPS) is 14.5. The molecule has 0 spiro atoms. The maximum atomic E-state index is 7.25. The molecule has 0 aliphatic carbocycles. The van der Waals surface area contributed by atoms with Crippen LogP contribution in [-0.4, -0.2) is 6.71 Å². The van der Waals surface area contributed by atoms with Crippen molar-refractivity contribution >= 4 is 80.2 Å². The molecule has 0 N–H and O–H groups in total. The highest BCUT2D eigenvalue weighted by Crippen LogP contribution is 2.52. The first-order valence-electron chi connectivity index (χ1n) is 19.8.